The van der Waals surface area contributed by atoms with Gasteiger partial charge in [0.15, 0.2) is 0 Å². The number of nitrogens with zero attached hydrogens (tertiary/aromatic N) is 1. The van der Waals surface area contributed by atoms with Gasteiger partial charge in [0, 0.05) is 36.1 Å². The second-order valence-electron chi connectivity index (χ2n) is 6.88. The number of thioether (sulfide) groups is 1. The second-order valence-corrected chi connectivity index (χ2v) is 8.29. The summed E-state index contributed by atoms with van der Waals surface area (Å²) in [6, 6.07) is 0.369. The van der Waals surface area contributed by atoms with E-state index in [0.29, 0.717) is 29.0 Å². The molecule has 3 atom stereocenters. The van der Waals surface area contributed by atoms with Gasteiger partial charge in [0.2, 0.25) is 5.91 Å². The lowest BCUT2D eigenvalue weighted by atomic mass is 9.65. The summed E-state index contributed by atoms with van der Waals surface area (Å²) in [6.45, 7) is 4.16. The standard InChI is InChI=1S/C16H28N2OS.ClH/c1-2-14-10-18(6-7-20-14)16(19)13-8-11-4-3-5-12(9-13)15(11)17;/h11-15H,2-10,17H2,1H3;1H. The van der Waals surface area contributed by atoms with Crippen molar-refractivity contribution in [2.75, 3.05) is 18.8 Å². The highest BCUT2D eigenvalue weighted by Gasteiger charge is 2.42. The van der Waals surface area contributed by atoms with Gasteiger partial charge in [-0.15, -0.1) is 12.4 Å². The molecule has 1 aliphatic heterocycles. The maximum atomic E-state index is 12.8. The Morgan fingerprint density at radius 1 is 1.29 bits per heavy atom. The summed E-state index contributed by atoms with van der Waals surface area (Å²) in [6.07, 6.45) is 7.09. The summed E-state index contributed by atoms with van der Waals surface area (Å²) in [5.41, 5.74) is 6.34. The number of carbonyl (C=O) groups excluding carboxylic acids is 1. The molecular formula is C16H29ClN2OS. The molecular weight excluding hydrogens is 304 g/mol. The van der Waals surface area contributed by atoms with Crippen LogP contribution in [0.5, 0.6) is 0 Å². The third kappa shape index (κ3) is 3.70. The zero-order valence-electron chi connectivity index (χ0n) is 13.0. The zero-order valence-corrected chi connectivity index (χ0v) is 14.6. The van der Waals surface area contributed by atoms with Crippen molar-refractivity contribution >= 4 is 30.1 Å². The predicted molar refractivity (Wildman–Crippen MR) is 91.9 cm³/mol. The summed E-state index contributed by atoms with van der Waals surface area (Å²) in [5.74, 6) is 3.04. The van der Waals surface area contributed by atoms with Crippen LogP contribution in [0, 0.1) is 17.8 Å². The van der Waals surface area contributed by atoms with Gasteiger partial charge >= 0.3 is 0 Å². The summed E-state index contributed by atoms with van der Waals surface area (Å²) in [7, 11) is 0. The van der Waals surface area contributed by atoms with E-state index >= 15 is 0 Å². The van der Waals surface area contributed by atoms with Crippen LogP contribution in [0.4, 0.5) is 0 Å². The van der Waals surface area contributed by atoms with Gasteiger partial charge in [0.25, 0.3) is 0 Å². The van der Waals surface area contributed by atoms with Crippen molar-refractivity contribution in [3.63, 3.8) is 0 Å². The maximum Gasteiger partial charge on any atom is 0.225 e. The lowest BCUT2D eigenvalue weighted by Crippen LogP contribution is -2.51. The van der Waals surface area contributed by atoms with Gasteiger partial charge < -0.3 is 10.6 Å². The van der Waals surface area contributed by atoms with Gasteiger partial charge in [-0.25, -0.2) is 0 Å². The van der Waals surface area contributed by atoms with Gasteiger partial charge in [-0.3, -0.25) is 4.79 Å². The highest BCUT2D eigenvalue weighted by molar-refractivity contribution is 8.00. The Labute approximate surface area is 139 Å². The Morgan fingerprint density at radius 2 is 1.95 bits per heavy atom. The quantitative estimate of drug-likeness (QED) is 0.845. The molecule has 5 heteroatoms. The van der Waals surface area contributed by atoms with E-state index in [1.54, 1.807) is 0 Å². The Kier molecular flexibility index (Phi) is 6.27. The highest BCUT2D eigenvalue weighted by atomic mass is 35.5. The van der Waals surface area contributed by atoms with E-state index in [0.717, 1.165) is 31.7 Å². The molecule has 0 aromatic rings. The minimum atomic E-state index is 0. The molecule has 1 heterocycles. The molecule has 3 nitrogen and oxygen atoms in total. The smallest absolute Gasteiger partial charge is 0.225 e. The van der Waals surface area contributed by atoms with Gasteiger partial charge in [-0.05, 0) is 43.9 Å². The molecule has 2 N–H and O–H groups in total. The maximum absolute atomic E-state index is 12.8. The van der Waals surface area contributed by atoms with Crippen LogP contribution in [0.15, 0.2) is 0 Å². The number of nitrogens with two attached hydrogens (primary N) is 1. The molecule has 3 unspecified atom stereocenters. The van der Waals surface area contributed by atoms with E-state index in [2.05, 4.69) is 11.8 Å². The van der Waals surface area contributed by atoms with E-state index < -0.39 is 0 Å². The second kappa shape index (κ2) is 7.56. The molecule has 1 amide bonds. The molecule has 3 rings (SSSR count). The van der Waals surface area contributed by atoms with Crippen molar-refractivity contribution in [2.45, 2.75) is 56.7 Å². The highest BCUT2D eigenvalue weighted by Crippen LogP contribution is 2.42. The van der Waals surface area contributed by atoms with Crippen molar-refractivity contribution in [3.05, 3.63) is 0 Å². The van der Waals surface area contributed by atoms with E-state index in [4.69, 9.17) is 5.73 Å². The van der Waals surface area contributed by atoms with Crippen LogP contribution in [0.2, 0.25) is 0 Å². The van der Waals surface area contributed by atoms with E-state index in [1.165, 1.54) is 25.7 Å². The molecule has 0 radical (unpaired) electrons. The zero-order chi connectivity index (χ0) is 14.1. The van der Waals surface area contributed by atoms with Crippen molar-refractivity contribution in [1.82, 2.24) is 4.90 Å². The number of halogens is 1. The Bertz CT molecular complexity index is 354. The molecule has 0 aromatic heterocycles. The molecule has 2 aliphatic carbocycles. The number of fused-ring (bicyclic) bond motifs is 2. The molecule has 3 aliphatic rings. The first kappa shape index (κ1) is 17.4. The fraction of sp³-hybridized carbons (Fsp3) is 0.938. The summed E-state index contributed by atoms with van der Waals surface area (Å²) < 4.78 is 0. The van der Waals surface area contributed by atoms with Crippen LogP contribution >= 0.6 is 24.2 Å². The first-order valence-electron chi connectivity index (χ1n) is 8.35. The number of amides is 1. The SMILES string of the molecule is CCC1CN(C(=O)C2CC3CCCC(C2)C3N)CCS1.Cl. The lowest BCUT2D eigenvalue weighted by molar-refractivity contribution is -0.138. The van der Waals surface area contributed by atoms with Crippen LogP contribution in [-0.4, -0.2) is 40.9 Å². The summed E-state index contributed by atoms with van der Waals surface area (Å²) >= 11 is 2.03. The average molecular weight is 333 g/mol. The van der Waals surface area contributed by atoms with Gasteiger partial charge in [-0.2, -0.15) is 11.8 Å². The first-order chi connectivity index (χ1) is 9.69. The lowest BCUT2D eigenvalue weighted by Gasteiger charge is -2.45. The normalized spacial score (nSPS) is 39.5. The van der Waals surface area contributed by atoms with Crippen molar-refractivity contribution in [2.24, 2.45) is 23.5 Å². The van der Waals surface area contributed by atoms with Gasteiger partial charge in [0.05, 0.1) is 0 Å². The van der Waals surface area contributed by atoms with Crippen LogP contribution in [0.3, 0.4) is 0 Å². The predicted octanol–water partition coefficient (Wildman–Crippen LogP) is 2.92. The fourth-order valence-electron chi connectivity index (χ4n) is 4.42. The number of carbonyl (C=O) groups is 1. The fourth-order valence-corrected chi connectivity index (χ4v) is 5.60. The third-order valence-electron chi connectivity index (χ3n) is 5.67. The van der Waals surface area contributed by atoms with E-state index in [9.17, 15) is 4.79 Å². The molecule has 2 bridgehead atoms. The van der Waals surface area contributed by atoms with Crippen molar-refractivity contribution in [3.8, 4) is 0 Å². The molecule has 0 aromatic carbocycles. The Hall–Kier alpha value is 0.0700. The third-order valence-corrected chi connectivity index (χ3v) is 7.04. The average Bonchev–Trinajstić information content (AvgIpc) is 2.46. The summed E-state index contributed by atoms with van der Waals surface area (Å²) in [5, 5.41) is 0.651. The van der Waals surface area contributed by atoms with Gasteiger partial charge in [0.1, 0.15) is 0 Å². The van der Waals surface area contributed by atoms with E-state index in [1.807, 2.05) is 11.8 Å². The minimum Gasteiger partial charge on any atom is -0.341 e. The van der Waals surface area contributed by atoms with Crippen LogP contribution < -0.4 is 5.73 Å². The molecule has 3 fully saturated rings. The van der Waals surface area contributed by atoms with Crippen molar-refractivity contribution in [1.29, 1.82) is 0 Å². The van der Waals surface area contributed by atoms with Gasteiger partial charge in [-0.1, -0.05) is 13.3 Å². The molecule has 122 valence electrons. The first-order valence-corrected chi connectivity index (χ1v) is 9.40. The minimum absolute atomic E-state index is 0. The summed E-state index contributed by atoms with van der Waals surface area (Å²) in [4.78, 5) is 15.0. The number of hydrogen-bond acceptors (Lipinski definition) is 3. The number of hydrogen-bond donors (Lipinski definition) is 1. The Morgan fingerprint density at radius 3 is 2.57 bits per heavy atom. The van der Waals surface area contributed by atoms with Crippen LogP contribution in [0.1, 0.15) is 45.4 Å². The molecule has 0 spiro atoms. The largest absolute Gasteiger partial charge is 0.341 e. The molecule has 21 heavy (non-hydrogen) atoms. The van der Waals surface area contributed by atoms with Crippen LogP contribution in [0.25, 0.3) is 0 Å². The van der Waals surface area contributed by atoms with Crippen molar-refractivity contribution < 1.29 is 4.79 Å². The molecule has 2 saturated carbocycles. The number of rotatable bonds is 2. The van der Waals surface area contributed by atoms with E-state index in [-0.39, 0.29) is 18.3 Å². The monoisotopic (exact) mass is 332 g/mol. The Balaban J connectivity index is 0.00000161. The van der Waals surface area contributed by atoms with Crippen LogP contribution in [-0.2, 0) is 4.79 Å². The molecule has 1 saturated heterocycles. The topological polar surface area (TPSA) is 46.3 Å².